The Kier molecular flexibility index (Phi) is 1.96. The molecule has 2 nitrogen and oxygen atoms in total. The van der Waals surface area contributed by atoms with Gasteiger partial charge in [-0.3, -0.25) is 4.98 Å². The molecule has 0 saturated heterocycles. The van der Waals surface area contributed by atoms with Gasteiger partial charge in [0.25, 0.3) is 0 Å². The lowest BCUT2D eigenvalue weighted by Gasteiger charge is -2.00. The highest BCUT2D eigenvalue weighted by atomic mass is 127. The molecule has 0 unspecified atom stereocenters. The predicted molar refractivity (Wildman–Crippen MR) is 57.0 cm³/mol. The average Bonchev–Trinajstić information content (AvgIpc) is 2.04. The minimum atomic E-state index is 1.02. The Bertz CT molecular complexity index is 426. The third-order valence-electron chi connectivity index (χ3n) is 1.79. The molecular weight excluding hydrogens is 263 g/mol. The first kappa shape index (κ1) is 7.91. The average molecular weight is 270 g/mol. The fourth-order valence-corrected chi connectivity index (χ4v) is 1.92. The van der Waals surface area contributed by atoms with Gasteiger partial charge < -0.3 is 0 Å². The van der Waals surface area contributed by atoms with Gasteiger partial charge in [0.1, 0.15) is 3.70 Å². The van der Waals surface area contributed by atoms with E-state index in [1.54, 1.807) is 6.20 Å². The molecule has 0 aliphatic heterocycles. The van der Waals surface area contributed by atoms with E-state index in [9.17, 15) is 0 Å². The van der Waals surface area contributed by atoms with Gasteiger partial charge in [0.15, 0.2) is 0 Å². The Labute approximate surface area is 84.2 Å². The number of hydrogen-bond donors (Lipinski definition) is 0. The number of fused-ring (bicyclic) bond motifs is 1. The summed E-state index contributed by atoms with van der Waals surface area (Å²) in [6.07, 6.45) is 3.62. The Morgan fingerprint density at radius 3 is 3.08 bits per heavy atom. The maximum atomic E-state index is 4.38. The highest BCUT2D eigenvalue weighted by molar-refractivity contribution is 14.1. The number of pyridine rings is 2. The summed E-state index contributed by atoms with van der Waals surface area (Å²) in [5, 5.41) is 1.14. The standard InChI is InChI=1S/C9H7IN2/c1-6-4-9(10)12-8-2-3-11-5-7(6)8/h2-5H,1H3. The van der Waals surface area contributed by atoms with Gasteiger partial charge in [0.05, 0.1) is 5.52 Å². The molecule has 0 bridgehead atoms. The fraction of sp³-hybridized carbons (Fsp3) is 0.111. The smallest absolute Gasteiger partial charge is 0.102 e. The summed E-state index contributed by atoms with van der Waals surface area (Å²) >= 11 is 2.22. The molecule has 3 heteroatoms. The lowest BCUT2D eigenvalue weighted by molar-refractivity contribution is 1.27. The molecule has 0 fully saturated rings. The number of aryl methyl sites for hydroxylation is 1. The molecule has 0 atom stereocenters. The van der Waals surface area contributed by atoms with E-state index in [0.29, 0.717) is 0 Å². The molecule has 2 aromatic heterocycles. The number of halogens is 1. The van der Waals surface area contributed by atoms with E-state index in [1.165, 1.54) is 5.56 Å². The van der Waals surface area contributed by atoms with Crippen LogP contribution in [0, 0.1) is 10.6 Å². The van der Waals surface area contributed by atoms with Gasteiger partial charge in [-0.15, -0.1) is 0 Å². The maximum absolute atomic E-state index is 4.38. The second-order valence-corrected chi connectivity index (χ2v) is 3.76. The van der Waals surface area contributed by atoms with E-state index in [1.807, 2.05) is 12.3 Å². The lowest BCUT2D eigenvalue weighted by atomic mass is 10.2. The lowest BCUT2D eigenvalue weighted by Crippen LogP contribution is -1.87. The van der Waals surface area contributed by atoms with Crippen molar-refractivity contribution in [2.24, 2.45) is 0 Å². The van der Waals surface area contributed by atoms with Crippen molar-refractivity contribution >= 4 is 33.5 Å². The zero-order chi connectivity index (χ0) is 8.55. The van der Waals surface area contributed by atoms with Gasteiger partial charge >= 0.3 is 0 Å². The molecular formula is C9H7IN2. The first-order valence-electron chi connectivity index (χ1n) is 3.64. The molecule has 0 aliphatic carbocycles. The molecule has 0 radical (unpaired) electrons. The van der Waals surface area contributed by atoms with Gasteiger partial charge in [0, 0.05) is 17.8 Å². The van der Waals surface area contributed by atoms with E-state index in [2.05, 4.69) is 45.5 Å². The summed E-state index contributed by atoms with van der Waals surface area (Å²) in [4.78, 5) is 8.44. The minimum Gasteiger partial charge on any atom is -0.264 e. The van der Waals surface area contributed by atoms with E-state index < -0.39 is 0 Å². The van der Waals surface area contributed by atoms with Crippen LogP contribution in [0.2, 0.25) is 0 Å². The van der Waals surface area contributed by atoms with Crippen LogP contribution >= 0.6 is 22.6 Å². The van der Waals surface area contributed by atoms with E-state index in [4.69, 9.17) is 0 Å². The van der Waals surface area contributed by atoms with Crippen LogP contribution in [-0.4, -0.2) is 9.97 Å². The summed E-state index contributed by atoms with van der Waals surface area (Å²) < 4.78 is 1.03. The Morgan fingerprint density at radius 2 is 2.25 bits per heavy atom. The molecule has 0 aromatic carbocycles. The van der Waals surface area contributed by atoms with Crippen LogP contribution in [0.4, 0.5) is 0 Å². The number of aromatic nitrogens is 2. The first-order valence-corrected chi connectivity index (χ1v) is 4.72. The highest BCUT2D eigenvalue weighted by Crippen LogP contribution is 2.16. The van der Waals surface area contributed by atoms with Crippen molar-refractivity contribution in [1.29, 1.82) is 0 Å². The van der Waals surface area contributed by atoms with Crippen LogP contribution in [0.15, 0.2) is 24.5 Å². The normalized spacial score (nSPS) is 10.5. The first-order chi connectivity index (χ1) is 5.77. The second kappa shape index (κ2) is 2.97. The molecule has 0 spiro atoms. The van der Waals surface area contributed by atoms with E-state index >= 15 is 0 Å². The Hall–Kier alpha value is -0.710. The third-order valence-corrected chi connectivity index (χ3v) is 2.34. The van der Waals surface area contributed by atoms with E-state index in [-0.39, 0.29) is 0 Å². The number of hydrogen-bond acceptors (Lipinski definition) is 2. The number of rotatable bonds is 0. The largest absolute Gasteiger partial charge is 0.264 e. The molecule has 2 rings (SSSR count). The zero-order valence-electron chi connectivity index (χ0n) is 6.58. The van der Waals surface area contributed by atoms with Crippen molar-refractivity contribution in [3.8, 4) is 0 Å². The van der Waals surface area contributed by atoms with Crippen molar-refractivity contribution in [3.05, 3.63) is 33.8 Å². The van der Waals surface area contributed by atoms with Crippen LogP contribution in [0.5, 0.6) is 0 Å². The highest BCUT2D eigenvalue weighted by Gasteiger charge is 1.98. The van der Waals surface area contributed by atoms with Crippen molar-refractivity contribution in [2.45, 2.75) is 6.92 Å². The fourth-order valence-electron chi connectivity index (χ4n) is 1.19. The van der Waals surface area contributed by atoms with Gasteiger partial charge in [-0.05, 0) is 47.2 Å². The van der Waals surface area contributed by atoms with Crippen molar-refractivity contribution in [3.63, 3.8) is 0 Å². The Morgan fingerprint density at radius 1 is 1.42 bits per heavy atom. The summed E-state index contributed by atoms with van der Waals surface area (Å²) in [6.45, 7) is 2.08. The molecule has 0 amide bonds. The van der Waals surface area contributed by atoms with Gasteiger partial charge in [-0.1, -0.05) is 0 Å². The molecule has 60 valence electrons. The molecule has 2 aromatic rings. The third kappa shape index (κ3) is 1.29. The van der Waals surface area contributed by atoms with Crippen molar-refractivity contribution in [1.82, 2.24) is 9.97 Å². The Balaban J connectivity index is 2.89. The van der Waals surface area contributed by atoms with Crippen LogP contribution < -0.4 is 0 Å². The van der Waals surface area contributed by atoms with Crippen LogP contribution in [0.3, 0.4) is 0 Å². The topological polar surface area (TPSA) is 25.8 Å². The summed E-state index contributed by atoms with van der Waals surface area (Å²) in [6, 6.07) is 4.00. The summed E-state index contributed by atoms with van der Waals surface area (Å²) in [5.74, 6) is 0. The molecule has 0 aliphatic rings. The monoisotopic (exact) mass is 270 g/mol. The van der Waals surface area contributed by atoms with Gasteiger partial charge in [0.2, 0.25) is 0 Å². The summed E-state index contributed by atoms with van der Waals surface area (Å²) in [5.41, 5.74) is 2.26. The quantitative estimate of drug-likeness (QED) is 0.543. The zero-order valence-corrected chi connectivity index (χ0v) is 8.74. The van der Waals surface area contributed by atoms with Crippen LogP contribution in [0.1, 0.15) is 5.56 Å². The number of nitrogens with zero attached hydrogens (tertiary/aromatic N) is 2. The predicted octanol–water partition coefficient (Wildman–Crippen LogP) is 2.54. The molecule has 0 saturated carbocycles. The van der Waals surface area contributed by atoms with Gasteiger partial charge in [-0.2, -0.15) is 0 Å². The second-order valence-electron chi connectivity index (χ2n) is 2.65. The molecule has 0 N–H and O–H groups in total. The molecule has 12 heavy (non-hydrogen) atoms. The van der Waals surface area contributed by atoms with Crippen molar-refractivity contribution in [2.75, 3.05) is 0 Å². The summed E-state index contributed by atoms with van der Waals surface area (Å²) in [7, 11) is 0. The van der Waals surface area contributed by atoms with Gasteiger partial charge in [-0.25, -0.2) is 4.98 Å². The maximum Gasteiger partial charge on any atom is 0.102 e. The molecule has 2 heterocycles. The van der Waals surface area contributed by atoms with Crippen LogP contribution in [0.25, 0.3) is 10.9 Å². The van der Waals surface area contributed by atoms with Crippen LogP contribution in [-0.2, 0) is 0 Å². The van der Waals surface area contributed by atoms with Crippen molar-refractivity contribution < 1.29 is 0 Å². The SMILES string of the molecule is Cc1cc(I)nc2ccncc12. The van der Waals surface area contributed by atoms with E-state index in [0.717, 1.165) is 14.6 Å². The minimum absolute atomic E-state index is 1.02.